The average molecular weight is 488 g/mol. The molecule has 5 nitrogen and oxygen atoms in total. The number of benzene rings is 1. The zero-order valence-corrected chi connectivity index (χ0v) is 20.9. The van der Waals surface area contributed by atoms with Gasteiger partial charge in [0, 0.05) is 52.8 Å². The molecule has 4 aromatic rings. The number of nitrogens with zero attached hydrogens (tertiary/aromatic N) is 4. The Morgan fingerprint density at radius 1 is 1.00 bits per heavy atom. The standard InChI is InChI=1S/C27H26ClN5S/c1-17-18(2)33(22-10-6-9-21(28)14-22)19(3)24(17)26-25(23-11-4-5-13-30-23)31-27(34)32(26)16-20-8-7-12-29-15-20/h4-15,25-26H,16H2,1-3H3,(H,31,34)/t25-,26-/m0/s1. The summed E-state index contributed by atoms with van der Waals surface area (Å²) in [7, 11) is 0. The maximum atomic E-state index is 6.35. The van der Waals surface area contributed by atoms with Crippen LogP contribution in [0.2, 0.25) is 5.02 Å². The van der Waals surface area contributed by atoms with Gasteiger partial charge in [-0.3, -0.25) is 9.97 Å². The van der Waals surface area contributed by atoms with E-state index in [2.05, 4.69) is 63.7 Å². The van der Waals surface area contributed by atoms with Crippen LogP contribution < -0.4 is 5.32 Å². The molecule has 0 saturated carbocycles. The van der Waals surface area contributed by atoms with Gasteiger partial charge in [0.1, 0.15) is 0 Å². The molecule has 5 rings (SSSR count). The first-order valence-corrected chi connectivity index (χ1v) is 12.1. The highest BCUT2D eigenvalue weighted by Gasteiger charge is 2.42. The van der Waals surface area contributed by atoms with Crippen molar-refractivity contribution in [2.24, 2.45) is 0 Å². The van der Waals surface area contributed by atoms with E-state index < -0.39 is 0 Å². The van der Waals surface area contributed by atoms with Crippen LogP contribution in [0.4, 0.5) is 0 Å². The van der Waals surface area contributed by atoms with E-state index in [1.165, 1.54) is 22.5 Å². The van der Waals surface area contributed by atoms with E-state index in [1.807, 2.05) is 48.8 Å². The zero-order chi connectivity index (χ0) is 23.8. The topological polar surface area (TPSA) is 46.0 Å². The third kappa shape index (κ3) is 3.97. The molecule has 1 N–H and O–H groups in total. The van der Waals surface area contributed by atoms with Crippen LogP contribution in [0.3, 0.4) is 0 Å². The van der Waals surface area contributed by atoms with Gasteiger partial charge in [0.15, 0.2) is 5.11 Å². The fourth-order valence-corrected chi connectivity index (χ4v) is 5.51. The van der Waals surface area contributed by atoms with Crippen LogP contribution in [-0.4, -0.2) is 24.5 Å². The van der Waals surface area contributed by atoms with Gasteiger partial charge in [-0.2, -0.15) is 0 Å². The molecule has 1 aromatic carbocycles. The Morgan fingerprint density at radius 2 is 1.85 bits per heavy atom. The molecular weight excluding hydrogens is 462 g/mol. The van der Waals surface area contributed by atoms with Crippen LogP contribution in [0, 0.1) is 20.8 Å². The number of pyridine rings is 2. The second-order valence-corrected chi connectivity index (χ2v) is 9.46. The minimum atomic E-state index is -0.0719. The van der Waals surface area contributed by atoms with E-state index in [0.717, 1.165) is 27.1 Å². The molecule has 0 unspecified atom stereocenters. The van der Waals surface area contributed by atoms with E-state index in [1.54, 1.807) is 6.20 Å². The van der Waals surface area contributed by atoms with Crippen molar-refractivity contribution < 1.29 is 0 Å². The second-order valence-electron chi connectivity index (χ2n) is 8.64. The summed E-state index contributed by atoms with van der Waals surface area (Å²) in [6.07, 6.45) is 5.53. The minimum absolute atomic E-state index is 0.0262. The number of hydrogen-bond donors (Lipinski definition) is 1. The highest BCUT2D eigenvalue weighted by molar-refractivity contribution is 7.80. The molecule has 0 spiro atoms. The van der Waals surface area contributed by atoms with Crippen molar-refractivity contribution in [1.29, 1.82) is 0 Å². The van der Waals surface area contributed by atoms with Crippen molar-refractivity contribution in [2.75, 3.05) is 0 Å². The molecule has 0 bridgehead atoms. The maximum Gasteiger partial charge on any atom is 0.170 e. The summed E-state index contributed by atoms with van der Waals surface area (Å²) in [6.45, 7) is 7.19. The van der Waals surface area contributed by atoms with Crippen molar-refractivity contribution >= 4 is 28.9 Å². The van der Waals surface area contributed by atoms with Crippen LogP contribution in [0.1, 0.15) is 45.9 Å². The first kappa shape index (κ1) is 22.6. The van der Waals surface area contributed by atoms with Gasteiger partial charge in [-0.25, -0.2) is 0 Å². The number of halogens is 1. The van der Waals surface area contributed by atoms with Crippen LogP contribution in [0.5, 0.6) is 0 Å². The van der Waals surface area contributed by atoms with E-state index in [0.29, 0.717) is 6.54 Å². The van der Waals surface area contributed by atoms with Gasteiger partial charge in [-0.15, -0.1) is 0 Å². The maximum absolute atomic E-state index is 6.35. The van der Waals surface area contributed by atoms with Gasteiger partial charge >= 0.3 is 0 Å². The summed E-state index contributed by atoms with van der Waals surface area (Å²) >= 11 is 12.2. The molecule has 172 valence electrons. The SMILES string of the molecule is Cc1c([C@H]2[C@H](c3ccccn3)NC(=S)N2Cc2cccnc2)c(C)n(-c2cccc(Cl)c2)c1C. The predicted octanol–water partition coefficient (Wildman–Crippen LogP) is 6.02. The van der Waals surface area contributed by atoms with Gasteiger partial charge in [-0.05, 0) is 80.5 Å². The fourth-order valence-electron chi connectivity index (χ4n) is 5.02. The van der Waals surface area contributed by atoms with E-state index >= 15 is 0 Å². The van der Waals surface area contributed by atoms with Gasteiger partial charge in [-0.1, -0.05) is 29.8 Å². The Morgan fingerprint density at radius 3 is 2.56 bits per heavy atom. The van der Waals surface area contributed by atoms with Gasteiger partial charge < -0.3 is 14.8 Å². The average Bonchev–Trinajstić information content (AvgIpc) is 3.27. The normalized spacial score (nSPS) is 17.8. The van der Waals surface area contributed by atoms with Crippen molar-refractivity contribution in [3.63, 3.8) is 0 Å². The minimum Gasteiger partial charge on any atom is -0.352 e. The van der Waals surface area contributed by atoms with E-state index in [4.69, 9.17) is 23.8 Å². The molecule has 7 heteroatoms. The molecule has 1 aliphatic rings. The van der Waals surface area contributed by atoms with Crippen LogP contribution in [0.25, 0.3) is 5.69 Å². The Balaban J connectivity index is 1.67. The van der Waals surface area contributed by atoms with Crippen molar-refractivity contribution in [1.82, 2.24) is 24.8 Å². The molecule has 2 atom stereocenters. The smallest absolute Gasteiger partial charge is 0.170 e. The van der Waals surface area contributed by atoms with Crippen LogP contribution in [0.15, 0.2) is 73.2 Å². The third-order valence-corrected chi connectivity index (χ3v) is 7.23. The highest BCUT2D eigenvalue weighted by Crippen LogP contribution is 2.44. The quantitative estimate of drug-likeness (QED) is 0.349. The Bertz CT molecular complexity index is 1340. The Hall–Kier alpha value is -3.22. The van der Waals surface area contributed by atoms with Crippen molar-refractivity contribution in [2.45, 2.75) is 39.4 Å². The molecule has 3 aromatic heterocycles. The summed E-state index contributed by atoms with van der Waals surface area (Å²) < 4.78 is 2.29. The lowest BCUT2D eigenvalue weighted by Crippen LogP contribution is -2.29. The zero-order valence-electron chi connectivity index (χ0n) is 19.4. The molecule has 34 heavy (non-hydrogen) atoms. The summed E-state index contributed by atoms with van der Waals surface area (Å²) in [5.41, 5.74) is 7.99. The summed E-state index contributed by atoms with van der Waals surface area (Å²) in [5.74, 6) is 0. The molecule has 0 amide bonds. The van der Waals surface area contributed by atoms with Crippen molar-refractivity contribution in [3.05, 3.63) is 112 Å². The lowest BCUT2D eigenvalue weighted by atomic mass is 9.93. The lowest BCUT2D eigenvalue weighted by molar-refractivity contribution is 0.309. The predicted molar refractivity (Wildman–Crippen MR) is 140 cm³/mol. The largest absolute Gasteiger partial charge is 0.352 e. The summed E-state index contributed by atoms with van der Waals surface area (Å²) in [5, 5.41) is 5.00. The first-order valence-electron chi connectivity index (χ1n) is 11.3. The van der Waals surface area contributed by atoms with Gasteiger partial charge in [0.25, 0.3) is 0 Å². The number of hydrogen-bond acceptors (Lipinski definition) is 3. The molecule has 1 aliphatic heterocycles. The van der Waals surface area contributed by atoms with Gasteiger partial charge in [0.05, 0.1) is 17.8 Å². The molecule has 0 aliphatic carbocycles. The molecular formula is C27H26ClN5S. The van der Waals surface area contributed by atoms with Crippen molar-refractivity contribution in [3.8, 4) is 5.69 Å². The fraction of sp³-hybridized carbons (Fsp3) is 0.222. The number of nitrogens with one attached hydrogen (secondary N) is 1. The number of rotatable bonds is 5. The van der Waals surface area contributed by atoms with Crippen LogP contribution in [-0.2, 0) is 6.54 Å². The second kappa shape index (κ2) is 9.20. The van der Waals surface area contributed by atoms with E-state index in [9.17, 15) is 0 Å². The van der Waals surface area contributed by atoms with Crippen LogP contribution >= 0.6 is 23.8 Å². The highest BCUT2D eigenvalue weighted by atomic mass is 35.5. The number of thiocarbonyl (C=S) groups is 1. The third-order valence-electron chi connectivity index (χ3n) is 6.64. The lowest BCUT2D eigenvalue weighted by Gasteiger charge is -2.29. The molecule has 0 radical (unpaired) electrons. The summed E-state index contributed by atoms with van der Waals surface area (Å²) in [6, 6.07) is 18.0. The number of aromatic nitrogens is 3. The van der Waals surface area contributed by atoms with E-state index in [-0.39, 0.29) is 12.1 Å². The monoisotopic (exact) mass is 487 g/mol. The summed E-state index contributed by atoms with van der Waals surface area (Å²) in [4.78, 5) is 11.3. The van der Waals surface area contributed by atoms with Gasteiger partial charge in [0.2, 0.25) is 0 Å². The molecule has 4 heterocycles. The molecule has 1 fully saturated rings. The Labute approximate surface area is 210 Å². The molecule has 1 saturated heterocycles. The first-order chi connectivity index (χ1) is 16.5. The Kier molecular flexibility index (Phi) is 6.11.